The fourth-order valence-corrected chi connectivity index (χ4v) is 2.77. The van der Waals surface area contributed by atoms with Crippen molar-refractivity contribution in [3.05, 3.63) is 56.3 Å². The molecule has 7 heteroatoms. The van der Waals surface area contributed by atoms with Crippen LogP contribution in [0.4, 0.5) is 5.69 Å². The van der Waals surface area contributed by atoms with Crippen LogP contribution >= 0.6 is 31.9 Å². The second kappa shape index (κ2) is 5.81. The molecule has 2 aromatic rings. The quantitative estimate of drug-likeness (QED) is 0.801. The van der Waals surface area contributed by atoms with Crippen molar-refractivity contribution < 1.29 is 14.0 Å². The molecular formula is C15H10Br2N2O3. The number of allylic oxidation sites excluding steroid dienone is 2. The third-order valence-corrected chi connectivity index (χ3v) is 4.44. The Morgan fingerprint density at radius 1 is 1.14 bits per heavy atom. The number of nitrogens with one attached hydrogen (secondary N) is 1. The van der Waals surface area contributed by atoms with Gasteiger partial charge in [-0.1, -0.05) is 22.9 Å². The Balaban J connectivity index is 2.00. The van der Waals surface area contributed by atoms with Gasteiger partial charge in [-0.05, 0) is 40.2 Å². The molecule has 0 saturated heterocycles. The van der Waals surface area contributed by atoms with Gasteiger partial charge in [-0.25, -0.2) is 4.98 Å². The Bertz CT molecular complexity index is 807. The van der Waals surface area contributed by atoms with Crippen LogP contribution < -0.4 is 5.32 Å². The Morgan fingerprint density at radius 3 is 2.45 bits per heavy atom. The molecule has 5 nitrogen and oxygen atoms in total. The SMILES string of the molecule is CCc1nc2c(o1)C(=O)C(Nc1ccc(Br)cc1)=C(Br)C2=O. The fourth-order valence-electron chi connectivity index (χ4n) is 2.04. The molecule has 1 aromatic heterocycles. The van der Waals surface area contributed by atoms with E-state index in [1.54, 1.807) is 12.1 Å². The highest BCUT2D eigenvalue weighted by Gasteiger charge is 2.36. The molecule has 0 fully saturated rings. The maximum Gasteiger partial charge on any atom is 0.248 e. The molecule has 112 valence electrons. The number of anilines is 1. The highest BCUT2D eigenvalue weighted by atomic mass is 79.9. The lowest BCUT2D eigenvalue weighted by Gasteiger charge is -2.15. The van der Waals surface area contributed by atoms with Crippen LogP contribution in [0, 0.1) is 0 Å². The Morgan fingerprint density at radius 2 is 1.82 bits per heavy atom. The molecule has 0 unspecified atom stereocenters. The number of aromatic nitrogens is 1. The topological polar surface area (TPSA) is 72.2 Å². The van der Waals surface area contributed by atoms with E-state index in [1.165, 1.54) is 0 Å². The van der Waals surface area contributed by atoms with E-state index < -0.39 is 5.78 Å². The molecule has 0 saturated carbocycles. The average Bonchev–Trinajstić information content (AvgIpc) is 2.96. The summed E-state index contributed by atoms with van der Waals surface area (Å²) in [5.41, 5.74) is 0.906. The standard InChI is InChI=1S/C15H10Br2N2O3/c1-2-9-19-12-13(20)10(17)11(14(21)15(12)22-9)18-8-5-3-7(16)4-6-8/h3-6,18H,2H2,1H3. The summed E-state index contributed by atoms with van der Waals surface area (Å²) in [4.78, 5) is 28.9. The van der Waals surface area contributed by atoms with Crippen LogP contribution in [0.25, 0.3) is 0 Å². The zero-order valence-electron chi connectivity index (χ0n) is 11.4. The molecule has 0 amide bonds. The predicted octanol–water partition coefficient (Wildman–Crippen LogP) is 4.10. The summed E-state index contributed by atoms with van der Waals surface area (Å²) in [6.07, 6.45) is 0.515. The van der Waals surface area contributed by atoms with Gasteiger partial charge in [-0.15, -0.1) is 0 Å². The summed E-state index contributed by atoms with van der Waals surface area (Å²) in [5.74, 6) is -0.393. The average molecular weight is 426 g/mol. The van der Waals surface area contributed by atoms with Gasteiger partial charge in [0.15, 0.2) is 11.6 Å². The van der Waals surface area contributed by atoms with E-state index >= 15 is 0 Å². The first kappa shape index (κ1) is 15.2. The Kier molecular flexibility index (Phi) is 4.01. The largest absolute Gasteiger partial charge is 0.436 e. The van der Waals surface area contributed by atoms with E-state index in [1.807, 2.05) is 19.1 Å². The second-order valence-electron chi connectivity index (χ2n) is 4.62. The highest BCUT2D eigenvalue weighted by Crippen LogP contribution is 2.31. The van der Waals surface area contributed by atoms with Gasteiger partial charge in [0.25, 0.3) is 0 Å². The maximum atomic E-state index is 12.5. The normalized spacial score (nSPS) is 14.3. The van der Waals surface area contributed by atoms with Gasteiger partial charge in [0.05, 0.1) is 4.48 Å². The number of rotatable bonds is 3. The van der Waals surface area contributed by atoms with Gasteiger partial charge < -0.3 is 9.73 Å². The number of fused-ring (bicyclic) bond motifs is 1. The van der Waals surface area contributed by atoms with Crippen LogP contribution in [-0.4, -0.2) is 16.6 Å². The molecule has 0 atom stereocenters. The van der Waals surface area contributed by atoms with Gasteiger partial charge in [-0.3, -0.25) is 9.59 Å². The summed E-state index contributed by atoms with van der Waals surface area (Å²) in [6, 6.07) is 7.26. The summed E-state index contributed by atoms with van der Waals surface area (Å²) in [7, 11) is 0. The third-order valence-electron chi connectivity index (χ3n) is 3.15. The lowest BCUT2D eigenvalue weighted by atomic mass is 10.0. The summed E-state index contributed by atoms with van der Waals surface area (Å²) in [6.45, 7) is 1.84. The number of hydrogen-bond donors (Lipinski definition) is 1. The first-order valence-corrected chi connectivity index (χ1v) is 8.11. The molecule has 0 bridgehead atoms. The van der Waals surface area contributed by atoms with Crippen LogP contribution in [0.5, 0.6) is 0 Å². The van der Waals surface area contributed by atoms with Crippen LogP contribution in [0.1, 0.15) is 33.9 Å². The maximum absolute atomic E-state index is 12.5. The summed E-state index contributed by atoms with van der Waals surface area (Å²) in [5, 5.41) is 2.96. The lowest BCUT2D eigenvalue weighted by molar-refractivity contribution is 0.0961. The number of carbonyl (C=O) groups is 2. The van der Waals surface area contributed by atoms with Gasteiger partial charge in [0, 0.05) is 16.6 Å². The van der Waals surface area contributed by atoms with E-state index in [0.717, 1.165) is 4.47 Å². The molecule has 1 N–H and O–H groups in total. The number of nitrogens with zero attached hydrogens (tertiary/aromatic N) is 1. The molecule has 0 aliphatic heterocycles. The number of Topliss-reactive ketones (excluding diaryl/α,β-unsaturated/α-hetero) is 2. The van der Waals surface area contributed by atoms with Crippen molar-refractivity contribution in [2.75, 3.05) is 5.32 Å². The molecule has 1 aliphatic carbocycles. The summed E-state index contributed by atoms with van der Waals surface area (Å²) >= 11 is 6.53. The molecule has 0 radical (unpaired) electrons. The van der Waals surface area contributed by atoms with E-state index in [2.05, 4.69) is 42.2 Å². The van der Waals surface area contributed by atoms with E-state index in [4.69, 9.17) is 4.42 Å². The third kappa shape index (κ3) is 2.55. The molecule has 22 heavy (non-hydrogen) atoms. The van der Waals surface area contributed by atoms with E-state index in [0.29, 0.717) is 18.0 Å². The van der Waals surface area contributed by atoms with Gasteiger partial charge in [0.1, 0.15) is 5.70 Å². The lowest BCUT2D eigenvalue weighted by Crippen LogP contribution is -2.23. The Labute approximate surface area is 143 Å². The Hall–Kier alpha value is -1.73. The molecule has 0 spiro atoms. The first-order chi connectivity index (χ1) is 10.5. The number of benzene rings is 1. The molecular weight excluding hydrogens is 416 g/mol. The second-order valence-corrected chi connectivity index (χ2v) is 6.33. The smallest absolute Gasteiger partial charge is 0.248 e. The van der Waals surface area contributed by atoms with Crippen molar-refractivity contribution in [2.45, 2.75) is 13.3 Å². The predicted molar refractivity (Wildman–Crippen MR) is 88.3 cm³/mol. The number of oxazole rings is 1. The zero-order valence-corrected chi connectivity index (χ0v) is 14.6. The van der Waals surface area contributed by atoms with Crippen LogP contribution in [0.3, 0.4) is 0 Å². The molecule has 3 rings (SSSR count). The molecule has 1 heterocycles. The van der Waals surface area contributed by atoms with Crippen molar-refractivity contribution in [1.29, 1.82) is 0 Å². The van der Waals surface area contributed by atoms with Crippen molar-refractivity contribution in [3.63, 3.8) is 0 Å². The molecule has 1 aliphatic rings. The van der Waals surface area contributed by atoms with Gasteiger partial charge in [0.2, 0.25) is 17.3 Å². The van der Waals surface area contributed by atoms with Gasteiger partial charge in [-0.2, -0.15) is 0 Å². The minimum atomic E-state index is -0.392. The number of carbonyl (C=O) groups excluding carboxylic acids is 2. The van der Waals surface area contributed by atoms with Gasteiger partial charge >= 0.3 is 0 Å². The monoisotopic (exact) mass is 424 g/mol. The number of halogens is 2. The van der Waals surface area contributed by atoms with Crippen molar-refractivity contribution in [3.8, 4) is 0 Å². The van der Waals surface area contributed by atoms with Crippen LogP contribution in [0.15, 0.2) is 43.3 Å². The minimum Gasteiger partial charge on any atom is -0.436 e. The van der Waals surface area contributed by atoms with Crippen molar-refractivity contribution in [2.24, 2.45) is 0 Å². The first-order valence-electron chi connectivity index (χ1n) is 6.52. The zero-order chi connectivity index (χ0) is 15.9. The van der Waals surface area contributed by atoms with Crippen LogP contribution in [-0.2, 0) is 6.42 Å². The number of hydrogen-bond acceptors (Lipinski definition) is 5. The number of aryl methyl sites for hydroxylation is 1. The van der Waals surface area contributed by atoms with Crippen LogP contribution in [0.2, 0.25) is 0 Å². The summed E-state index contributed by atoms with van der Waals surface area (Å²) < 4.78 is 6.46. The number of ketones is 2. The van der Waals surface area contributed by atoms with Crippen molar-refractivity contribution in [1.82, 2.24) is 4.98 Å². The van der Waals surface area contributed by atoms with E-state index in [9.17, 15) is 9.59 Å². The van der Waals surface area contributed by atoms with E-state index in [-0.39, 0.29) is 27.4 Å². The highest BCUT2D eigenvalue weighted by molar-refractivity contribution is 9.12. The minimum absolute atomic E-state index is 0.00957. The van der Waals surface area contributed by atoms with Crippen molar-refractivity contribution >= 4 is 49.1 Å². The molecule has 1 aromatic carbocycles. The fraction of sp³-hybridized carbons (Fsp3) is 0.133.